The maximum atomic E-state index is 6.58. The summed E-state index contributed by atoms with van der Waals surface area (Å²) in [5, 5.41) is 0. The summed E-state index contributed by atoms with van der Waals surface area (Å²) in [6.07, 6.45) is 7.55. The van der Waals surface area contributed by atoms with Gasteiger partial charge in [0, 0.05) is 39.9 Å². The van der Waals surface area contributed by atoms with Gasteiger partial charge in [-0.05, 0) is 92.0 Å². The third-order valence-electron chi connectivity index (χ3n) is 9.65. The Labute approximate surface area is 224 Å². The fourth-order valence-corrected chi connectivity index (χ4v) is 8.39. The molecule has 4 unspecified atom stereocenters. The van der Waals surface area contributed by atoms with E-state index in [1.165, 1.54) is 49.7 Å². The van der Waals surface area contributed by atoms with E-state index in [4.69, 9.17) is 20.9 Å². The van der Waals surface area contributed by atoms with E-state index in [9.17, 15) is 0 Å². The van der Waals surface area contributed by atoms with Crippen LogP contribution in [0.3, 0.4) is 0 Å². The Balaban J connectivity index is 1.29. The number of rotatable bonds is 6. The number of hydrogen-bond donors (Lipinski definition) is 2. The smallest absolute Gasteiger partial charge is 0.131 e. The van der Waals surface area contributed by atoms with Crippen LogP contribution in [0.25, 0.3) is 0 Å². The molecule has 38 heavy (non-hydrogen) atoms. The molecule has 4 heteroatoms. The molecule has 3 aliphatic carbocycles. The molecule has 4 atom stereocenters. The number of ether oxygens (including phenoxy) is 2. The van der Waals surface area contributed by atoms with Crippen molar-refractivity contribution >= 4 is 11.4 Å². The maximum Gasteiger partial charge on any atom is 0.131 e. The SMILES string of the molecule is Nc1cccc(Oc2ccc(C34CCC(C3)C3CCCC34c3ccccc3Oc3cccc(N)c3)cc2)c1. The first-order valence-electron chi connectivity index (χ1n) is 13.8. The Kier molecular flexibility index (Phi) is 5.40. The molecule has 3 saturated carbocycles. The lowest BCUT2D eigenvalue weighted by Crippen LogP contribution is -2.48. The summed E-state index contributed by atoms with van der Waals surface area (Å²) in [5.41, 5.74) is 16.4. The van der Waals surface area contributed by atoms with E-state index >= 15 is 0 Å². The van der Waals surface area contributed by atoms with Gasteiger partial charge in [-0.2, -0.15) is 0 Å². The number of fused-ring (bicyclic) bond motifs is 5. The van der Waals surface area contributed by atoms with Crippen molar-refractivity contribution < 1.29 is 9.47 Å². The van der Waals surface area contributed by atoms with Gasteiger partial charge in [0.05, 0.1) is 0 Å². The summed E-state index contributed by atoms with van der Waals surface area (Å²) in [6, 6.07) is 33.0. The molecule has 2 bridgehead atoms. The van der Waals surface area contributed by atoms with Crippen LogP contribution in [-0.2, 0) is 10.8 Å². The number of nitrogens with two attached hydrogens (primary N) is 2. The van der Waals surface area contributed by atoms with Gasteiger partial charge < -0.3 is 20.9 Å². The zero-order chi connectivity index (χ0) is 25.7. The summed E-state index contributed by atoms with van der Waals surface area (Å²) in [6.45, 7) is 0. The average molecular weight is 503 g/mol. The standard InChI is InChI=1S/C34H34N2O2/c35-25-6-3-8-28(20-25)37-27-15-13-24(14-16-27)33-19-17-23(22-33)30-11-5-18-34(30,33)31-10-1-2-12-32(31)38-29-9-4-7-26(36)21-29/h1-4,6-10,12-16,20-21,23,30H,5,11,17-19,22,35-36H2. The summed E-state index contributed by atoms with van der Waals surface area (Å²) in [5.74, 6) is 4.82. The Morgan fingerprint density at radius 1 is 0.658 bits per heavy atom. The largest absolute Gasteiger partial charge is 0.457 e. The van der Waals surface area contributed by atoms with E-state index in [-0.39, 0.29) is 10.8 Å². The molecule has 192 valence electrons. The summed E-state index contributed by atoms with van der Waals surface area (Å²) in [4.78, 5) is 0. The highest BCUT2D eigenvalue weighted by Gasteiger charge is 2.69. The number of nitrogen functional groups attached to an aromatic ring is 2. The number of hydrogen-bond acceptors (Lipinski definition) is 4. The van der Waals surface area contributed by atoms with Crippen LogP contribution in [0.1, 0.15) is 49.7 Å². The van der Waals surface area contributed by atoms with Gasteiger partial charge in [0.1, 0.15) is 23.0 Å². The minimum atomic E-state index is 0.0725. The van der Waals surface area contributed by atoms with Crippen LogP contribution >= 0.6 is 0 Å². The van der Waals surface area contributed by atoms with Crippen molar-refractivity contribution in [3.05, 3.63) is 108 Å². The molecule has 0 aliphatic heterocycles. The molecule has 3 fully saturated rings. The highest BCUT2D eigenvalue weighted by atomic mass is 16.5. The lowest BCUT2D eigenvalue weighted by molar-refractivity contribution is 0.167. The van der Waals surface area contributed by atoms with Crippen molar-refractivity contribution in [3.8, 4) is 23.0 Å². The quantitative estimate of drug-likeness (QED) is 0.261. The first-order valence-corrected chi connectivity index (χ1v) is 13.8. The van der Waals surface area contributed by atoms with Crippen molar-refractivity contribution in [2.75, 3.05) is 11.5 Å². The summed E-state index contributed by atoms with van der Waals surface area (Å²) < 4.78 is 12.7. The first-order chi connectivity index (χ1) is 18.6. The molecule has 3 aliphatic rings. The molecule has 4 aromatic rings. The van der Waals surface area contributed by atoms with E-state index in [2.05, 4.69) is 48.5 Å². The van der Waals surface area contributed by atoms with Gasteiger partial charge >= 0.3 is 0 Å². The van der Waals surface area contributed by atoms with Crippen molar-refractivity contribution in [1.82, 2.24) is 0 Å². The van der Waals surface area contributed by atoms with Crippen LogP contribution in [0.15, 0.2) is 97.1 Å². The van der Waals surface area contributed by atoms with E-state index in [1.807, 2.05) is 48.5 Å². The molecule has 0 amide bonds. The Morgan fingerprint density at radius 3 is 2.11 bits per heavy atom. The lowest BCUT2D eigenvalue weighted by atomic mass is 9.54. The average Bonchev–Trinajstić information content (AvgIpc) is 3.62. The molecule has 7 rings (SSSR count). The second-order valence-electron chi connectivity index (χ2n) is 11.4. The van der Waals surface area contributed by atoms with Gasteiger partial charge in [-0.15, -0.1) is 0 Å². The van der Waals surface area contributed by atoms with Gasteiger partial charge in [0.2, 0.25) is 0 Å². The second-order valence-corrected chi connectivity index (χ2v) is 11.4. The lowest BCUT2D eigenvalue weighted by Gasteiger charge is -2.49. The second kappa shape index (κ2) is 8.83. The molecule has 4 N–H and O–H groups in total. The van der Waals surface area contributed by atoms with E-state index in [0.717, 1.165) is 28.9 Å². The third kappa shape index (κ3) is 3.50. The zero-order valence-electron chi connectivity index (χ0n) is 21.6. The minimum Gasteiger partial charge on any atom is -0.457 e. The topological polar surface area (TPSA) is 70.5 Å². The molecular formula is C34H34N2O2. The monoisotopic (exact) mass is 502 g/mol. The highest BCUT2D eigenvalue weighted by Crippen LogP contribution is 2.74. The van der Waals surface area contributed by atoms with E-state index < -0.39 is 0 Å². The van der Waals surface area contributed by atoms with Gasteiger partial charge in [0.25, 0.3) is 0 Å². The van der Waals surface area contributed by atoms with Crippen LogP contribution in [0.2, 0.25) is 0 Å². The maximum absolute atomic E-state index is 6.58. The van der Waals surface area contributed by atoms with E-state index in [0.29, 0.717) is 17.3 Å². The van der Waals surface area contributed by atoms with Crippen LogP contribution < -0.4 is 20.9 Å². The molecule has 0 radical (unpaired) electrons. The fraction of sp³-hybridized carbons (Fsp3) is 0.294. The summed E-state index contributed by atoms with van der Waals surface area (Å²) >= 11 is 0. The van der Waals surface area contributed by atoms with Crippen molar-refractivity contribution in [2.45, 2.75) is 49.4 Å². The number of para-hydroxylation sites is 1. The number of anilines is 2. The molecular weight excluding hydrogens is 468 g/mol. The van der Waals surface area contributed by atoms with Crippen molar-refractivity contribution in [1.29, 1.82) is 0 Å². The molecule has 0 saturated heterocycles. The first kappa shape index (κ1) is 23.2. The van der Waals surface area contributed by atoms with Crippen LogP contribution in [0.5, 0.6) is 23.0 Å². The van der Waals surface area contributed by atoms with Gasteiger partial charge in [-0.3, -0.25) is 0 Å². The normalized spacial score (nSPS) is 27.3. The van der Waals surface area contributed by atoms with Crippen LogP contribution in [-0.4, -0.2) is 0 Å². The highest BCUT2D eigenvalue weighted by molar-refractivity contribution is 5.54. The van der Waals surface area contributed by atoms with Crippen molar-refractivity contribution in [2.24, 2.45) is 11.8 Å². The minimum absolute atomic E-state index is 0.0725. The zero-order valence-corrected chi connectivity index (χ0v) is 21.6. The Bertz CT molecular complexity index is 1480. The molecule has 4 aromatic carbocycles. The predicted octanol–water partition coefficient (Wildman–Crippen LogP) is 8.23. The molecule has 0 heterocycles. The Morgan fingerprint density at radius 2 is 1.37 bits per heavy atom. The molecule has 0 aromatic heterocycles. The van der Waals surface area contributed by atoms with E-state index in [1.54, 1.807) is 0 Å². The Hall–Kier alpha value is -3.92. The predicted molar refractivity (Wildman–Crippen MR) is 153 cm³/mol. The number of benzene rings is 4. The van der Waals surface area contributed by atoms with Crippen molar-refractivity contribution in [3.63, 3.8) is 0 Å². The summed E-state index contributed by atoms with van der Waals surface area (Å²) in [7, 11) is 0. The van der Waals surface area contributed by atoms with Gasteiger partial charge in [-0.1, -0.05) is 48.9 Å². The van der Waals surface area contributed by atoms with Crippen LogP contribution in [0, 0.1) is 11.8 Å². The van der Waals surface area contributed by atoms with Gasteiger partial charge in [0.15, 0.2) is 0 Å². The fourth-order valence-electron chi connectivity index (χ4n) is 8.39. The third-order valence-corrected chi connectivity index (χ3v) is 9.65. The van der Waals surface area contributed by atoms with Gasteiger partial charge in [-0.25, -0.2) is 0 Å². The molecule has 4 nitrogen and oxygen atoms in total. The van der Waals surface area contributed by atoms with Crippen LogP contribution in [0.4, 0.5) is 11.4 Å². The molecule has 0 spiro atoms.